The van der Waals surface area contributed by atoms with Crippen LogP contribution in [0.3, 0.4) is 0 Å². The van der Waals surface area contributed by atoms with Gasteiger partial charge in [0.1, 0.15) is 4.88 Å². The average molecular weight is 282 g/mol. The van der Waals surface area contributed by atoms with Gasteiger partial charge in [0.05, 0.1) is 11.2 Å². The Morgan fingerprint density at radius 3 is 2.68 bits per heavy atom. The number of aliphatic carboxylic acids is 1. The van der Waals surface area contributed by atoms with Gasteiger partial charge in [0, 0.05) is 19.5 Å². The number of carboxylic acids is 1. The van der Waals surface area contributed by atoms with Crippen LogP contribution in [0.4, 0.5) is 0 Å². The molecule has 0 atom stereocenters. The van der Waals surface area contributed by atoms with Gasteiger partial charge in [0.25, 0.3) is 5.91 Å². The van der Waals surface area contributed by atoms with Crippen molar-refractivity contribution < 1.29 is 14.7 Å². The summed E-state index contributed by atoms with van der Waals surface area (Å²) >= 11 is 1.42. The molecule has 0 unspecified atom stereocenters. The maximum absolute atomic E-state index is 12.2. The number of hydrogen-bond acceptors (Lipinski definition) is 4. The third kappa shape index (κ3) is 3.76. The van der Waals surface area contributed by atoms with E-state index in [4.69, 9.17) is 5.11 Å². The molecule has 1 aliphatic rings. The first-order valence-corrected chi connectivity index (χ1v) is 7.31. The Morgan fingerprint density at radius 2 is 2.16 bits per heavy atom. The molecule has 0 spiro atoms. The lowest BCUT2D eigenvalue weighted by Crippen LogP contribution is -2.38. The second-order valence-electron chi connectivity index (χ2n) is 4.91. The van der Waals surface area contributed by atoms with Gasteiger partial charge >= 0.3 is 5.97 Å². The number of aryl methyl sites for hydroxylation is 1. The maximum atomic E-state index is 12.2. The lowest BCUT2D eigenvalue weighted by atomic mass is 9.92. The van der Waals surface area contributed by atoms with E-state index < -0.39 is 5.97 Å². The van der Waals surface area contributed by atoms with E-state index in [0.29, 0.717) is 10.8 Å². The quantitative estimate of drug-likeness (QED) is 0.918. The van der Waals surface area contributed by atoms with Crippen molar-refractivity contribution in [2.24, 2.45) is 5.92 Å². The van der Waals surface area contributed by atoms with Crippen LogP contribution in [0.15, 0.2) is 6.20 Å². The van der Waals surface area contributed by atoms with Crippen LogP contribution in [-0.2, 0) is 4.79 Å². The predicted octanol–water partition coefficient (Wildman–Crippen LogP) is 2.17. The molecule has 0 bridgehead atoms. The van der Waals surface area contributed by atoms with Crippen LogP contribution in [-0.4, -0.2) is 40.0 Å². The molecule has 2 heterocycles. The van der Waals surface area contributed by atoms with Crippen LogP contribution in [0.25, 0.3) is 0 Å². The fourth-order valence-electron chi connectivity index (χ4n) is 2.37. The molecular weight excluding hydrogens is 264 g/mol. The molecule has 5 nitrogen and oxygen atoms in total. The van der Waals surface area contributed by atoms with E-state index in [2.05, 4.69) is 4.98 Å². The van der Waals surface area contributed by atoms with E-state index in [0.717, 1.165) is 37.4 Å². The van der Waals surface area contributed by atoms with Gasteiger partial charge in [-0.25, -0.2) is 4.98 Å². The number of piperidine rings is 1. The molecule has 0 saturated carbocycles. The summed E-state index contributed by atoms with van der Waals surface area (Å²) in [5.74, 6) is -0.246. The zero-order chi connectivity index (χ0) is 13.8. The van der Waals surface area contributed by atoms with Crippen molar-refractivity contribution in [3.63, 3.8) is 0 Å². The fourth-order valence-corrected chi connectivity index (χ4v) is 3.11. The first-order chi connectivity index (χ1) is 9.06. The van der Waals surface area contributed by atoms with Gasteiger partial charge < -0.3 is 10.0 Å². The Bertz CT molecular complexity index is 464. The molecule has 0 aliphatic carbocycles. The number of carbonyl (C=O) groups excluding carboxylic acids is 1. The minimum absolute atomic E-state index is 0.0577. The normalized spacial score (nSPS) is 16.6. The number of thiazole rings is 1. The molecule has 1 N–H and O–H groups in total. The number of hydrogen-bond donors (Lipinski definition) is 1. The summed E-state index contributed by atoms with van der Waals surface area (Å²) in [5, 5.41) is 9.57. The highest BCUT2D eigenvalue weighted by atomic mass is 32.1. The number of carbonyl (C=O) groups is 2. The lowest BCUT2D eigenvalue weighted by molar-refractivity contribution is -0.137. The zero-order valence-electron chi connectivity index (χ0n) is 11.0. The Labute approximate surface area is 116 Å². The van der Waals surface area contributed by atoms with Crippen molar-refractivity contribution in [2.45, 2.75) is 32.6 Å². The summed E-state index contributed by atoms with van der Waals surface area (Å²) in [6, 6.07) is 0. The van der Waals surface area contributed by atoms with Crippen LogP contribution >= 0.6 is 11.3 Å². The van der Waals surface area contributed by atoms with E-state index >= 15 is 0 Å². The Kier molecular flexibility index (Phi) is 4.52. The standard InChI is InChI=1S/C13H18N2O3S/c1-9-14-8-11(19-9)13(18)15-6-4-10(5-7-15)2-3-12(16)17/h8,10H,2-7H2,1H3,(H,16,17). The van der Waals surface area contributed by atoms with E-state index in [1.165, 1.54) is 11.3 Å². The molecule has 0 aromatic carbocycles. The molecule has 1 aliphatic heterocycles. The smallest absolute Gasteiger partial charge is 0.303 e. The third-order valence-corrected chi connectivity index (χ3v) is 4.40. The highest BCUT2D eigenvalue weighted by Crippen LogP contribution is 2.24. The van der Waals surface area contributed by atoms with Gasteiger partial charge in [-0.15, -0.1) is 11.3 Å². The van der Waals surface area contributed by atoms with Crippen LogP contribution < -0.4 is 0 Å². The highest BCUT2D eigenvalue weighted by Gasteiger charge is 2.24. The first kappa shape index (κ1) is 14.0. The topological polar surface area (TPSA) is 70.5 Å². The second-order valence-corrected chi connectivity index (χ2v) is 6.15. The van der Waals surface area contributed by atoms with Crippen molar-refractivity contribution in [3.8, 4) is 0 Å². The second kappa shape index (κ2) is 6.14. The van der Waals surface area contributed by atoms with Gasteiger partial charge in [-0.1, -0.05) is 0 Å². The van der Waals surface area contributed by atoms with Gasteiger partial charge in [-0.2, -0.15) is 0 Å². The maximum Gasteiger partial charge on any atom is 0.303 e. The number of amides is 1. The number of carboxylic acid groups (broad SMARTS) is 1. The zero-order valence-corrected chi connectivity index (χ0v) is 11.8. The molecule has 0 radical (unpaired) electrons. The molecule has 6 heteroatoms. The number of likely N-dealkylation sites (tertiary alicyclic amines) is 1. The monoisotopic (exact) mass is 282 g/mol. The van der Waals surface area contributed by atoms with Crippen molar-refractivity contribution in [2.75, 3.05) is 13.1 Å². The molecule has 1 amide bonds. The minimum Gasteiger partial charge on any atom is -0.481 e. The van der Waals surface area contributed by atoms with E-state index in [-0.39, 0.29) is 12.3 Å². The van der Waals surface area contributed by atoms with E-state index in [1.54, 1.807) is 6.20 Å². The van der Waals surface area contributed by atoms with Gasteiger partial charge in [0.15, 0.2) is 0 Å². The lowest BCUT2D eigenvalue weighted by Gasteiger charge is -2.31. The number of rotatable bonds is 4. The average Bonchev–Trinajstić information content (AvgIpc) is 2.83. The minimum atomic E-state index is -0.737. The molecule has 1 aromatic rings. The van der Waals surface area contributed by atoms with Gasteiger partial charge in [-0.3, -0.25) is 9.59 Å². The Hall–Kier alpha value is -1.43. The van der Waals surface area contributed by atoms with Crippen LogP contribution in [0.5, 0.6) is 0 Å². The van der Waals surface area contributed by atoms with Crippen molar-refractivity contribution in [1.29, 1.82) is 0 Å². The van der Waals surface area contributed by atoms with Crippen molar-refractivity contribution in [1.82, 2.24) is 9.88 Å². The van der Waals surface area contributed by atoms with Crippen LogP contribution in [0.1, 0.15) is 40.4 Å². The number of aromatic nitrogens is 1. The van der Waals surface area contributed by atoms with Crippen molar-refractivity contribution in [3.05, 3.63) is 16.1 Å². The Balaban J connectivity index is 1.83. The third-order valence-electron chi connectivity index (χ3n) is 3.50. The fraction of sp³-hybridized carbons (Fsp3) is 0.615. The van der Waals surface area contributed by atoms with Gasteiger partial charge in [0.2, 0.25) is 0 Å². The SMILES string of the molecule is Cc1ncc(C(=O)N2CCC(CCC(=O)O)CC2)s1. The molecular formula is C13H18N2O3S. The molecule has 1 saturated heterocycles. The van der Waals surface area contributed by atoms with E-state index in [9.17, 15) is 9.59 Å². The summed E-state index contributed by atoms with van der Waals surface area (Å²) in [6.45, 7) is 3.33. The summed E-state index contributed by atoms with van der Waals surface area (Å²) in [4.78, 5) is 29.4. The molecule has 2 rings (SSSR count). The van der Waals surface area contributed by atoms with E-state index in [1.807, 2.05) is 11.8 Å². The molecule has 1 fully saturated rings. The summed E-state index contributed by atoms with van der Waals surface area (Å²) in [5.41, 5.74) is 0. The van der Waals surface area contributed by atoms with Crippen LogP contribution in [0, 0.1) is 12.8 Å². The van der Waals surface area contributed by atoms with Gasteiger partial charge in [-0.05, 0) is 32.1 Å². The predicted molar refractivity (Wildman–Crippen MR) is 72.3 cm³/mol. The molecule has 19 heavy (non-hydrogen) atoms. The largest absolute Gasteiger partial charge is 0.481 e. The summed E-state index contributed by atoms with van der Waals surface area (Å²) < 4.78 is 0. The van der Waals surface area contributed by atoms with Crippen molar-refractivity contribution >= 4 is 23.2 Å². The first-order valence-electron chi connectivity index (χ1n) is 6.49. The Morgan fingerprint density at radius 1 is 1.47 bits per heavy atom. The summed E-state index contributed by atoms with van der Waals surface area (Å²) in [6.07, 6.45) is 4.39. The highest BCUT2D eigenvalue weighted by molar-refractivity contribution is 7.13. The van der Waals surface area contributed by atoms with Crippen LogP contribution in [0.2, 0.25) is 0 Å². The molecule has 104 valence electrons. The molecule has 1 aromatic heterocycles. The number of nitrogens with zero attached hydrogens (tertiary/aromatic N) is 2. The summed E-state index contributed by atoms with van der Waals surface area (Å²) in [7, 11) is 0.